The van der Waals surface area contributed by atoms with Crippen molar-refractivity contribution in [3.05, 3.63) is 65.4 Å². The number of rotatable bonds is 6. The van der Waals surface area contributed by atoms with Gasteiger partial charge in [-0.15, -0.1) is 0 Å². The number of halogens is 1. The minimum absolute atomic E-state index is 0.0484. The molecule has 2 aromatic carbocycles. The second-order valence-electron chi connectivity index (χ2n) is 8.73. The monoisotopic (exact) mass is 484 g/mol. The van der Waals surface area contributed by atoms with Crippen molar-refractivity contribution >= 4 is 44.0 Å². The summed E-state index contributed by atoms with van der Waals surface area (Å²) in [5, 5.41) is 8.47. The molecule has 2 aliphatic rings. The van der Waals surface area contributed by atoms with Crippen molar-refractivity contribution in [3.8, 4) is 0 Å². The first-order valence-electron chi connectivity index (χ1n) is 11.1. The Bertz CT molecular complexity index is 1290. The smallest absolute Gasteiger partial charge is 0.240 e. The minimum Gasteiger partial charge on any atom is -0.326 e. The zero-order valence-electron chi connectivity index (χ0n) is 17.9. The van der Waals surface area contributed by atoms with Crippen LogP contribution in [0.4, 0.5) is 5.69 Å². The quantitative estimate of drug-likeness (QED) is 0.495. The van der Waals surface area contributed by atoms with Crippen LogP contribution in [-0.4, -0.2) is 38.4 Å². The van der Waals surface area contributed by atoms with Gasteiger partial charge in [-0.3, -0.25) is 9.78 Å². The van der Waals surface area contributed by atoms with Crippen LogP contribution in [0.25, 0.3) is 10.8 Å². The number of piperidine rings is 1. The molecule has 9 heteroatoms. The molecule has 1 aromatic heterocycles. The van der Waals surface area contributed by atoms with Gasteiger partial charge >= 0.3 is 0 Å². The van der Waals surface area contributed by atoms with Gasteiger partial charge in [0.2, 0.25) is 15.9 Å². The van der Waals surface area contributed by atoms with Gasteiger partial charge in [-0.25, -0.2) is 13.1 Å². The Morgan fingerprint density at radius 3 is 2.70 bits per heavy atom. The molecule has 1 saturated carbocycles. The van der Waals surface area contributed by atoms with Crippen LogP contribution < -0.4 is 15.4 Å². The Labute approximate surface area is 198 Å². The molecule has 3 aromatic rings. The van der Waals surface area contributed by atoms with E-state index in [1.165, 1.54) is 0 Å². The number of hydrogen-bond acceptors (Lipinski definition) is 5. The zero-order valence-corrected chi connectivity index (χ0v) is 19.5. The Morgan fingerprint density at radius 2 is 1.94 bits per heavy atom. The maximum Gasteiger partial charge on any atom is 0.240 e. The van der Waals surface area contributed by atoms with E-state index in [4.69, 9.17) is 11.6 Å². The van der Waals surface area contributed by atoms with Crippen molar-refractivity contribution in [2.24, 2.45) is 5.92 Å². The van der Waals surface area contributed by atoms with Crippen LogP contribution in [0.3, 0.4) is 0 Å². The van der Waals surface area contributed by atoms with E-state index in [9.17, 15) is 13.2 Å². The molecule has 2 heterocycles. The number of anilines is 1. The van der Waals surface area contributed by atoms with Gasteiger partial charge < -0.3 is 10.6 Å². The number of fused-ring (bicyclic) bond motifs is 1. The number of nitrogens with one attached hydrogen (secondary N) is 3. The fourth-order valence-electron chi connectivity index (χ4n) is 4.43. The fraction of sp³-hybridized carbons (Fsp3) is 0.333. The highest BCUT2D eigenvalue weighted by Crippen LogP contribution is 2.48. The molecule has 3 atom stereocenters. The van der Waals surface area contributed by atoms with E-state index in [2.05, 4.69) is 20.3 Å². The topological polar surface area (TPSA) is 100 Å². The summed E-state index contributed by atoms with van der Waals surface area (Å²) < 4.78 is 28.1. The van der Waals surface area contributed by atoms with E-state index < -0.39 is 10.0 Å². The van der Waals surface area contributed by atoms with Crippen LogP contribution in [0.1, 0.15) is 30.7 Å². The second kappa shape index (κ2) is 9.02. The predicted octanol–water partition coefficient (Wildman–Crippen LogP) is 3.66. The van der Waals surface area contributed by atoms with Crippen LogP contribution in [-0.2, 0) is 14.8 Å². The van der Waals surface area contributed by atoms with E-state index in [-0.39, 0.29) is 28.7 Å². The summed E-state index contributed by atoms with van der Waals surface area (Å²) in [6, 6.07) is 12.4. The van der Waals surface area contributed by atoms with E-state index in [0.717, 1.165) is 42.1 Å². The summed E-state index contributed by atoms with van der Waals surface area (Å²) in [5.74, 6) is -0.0966. The lowest BCUT2D eigenvalue weighted by molar-refractivity contribution is -0.117. The summed E-state index contributed by atoms with van der Waals surface area (Å²) >= 11 is 6.22. The highest BCUT2D eigenvalue weighted by molar-refractivity contribution is 7.89. The molecule has 2 fully saturated rings. The molecule has 1 aliphatic heterocycles. The normalized spacial score (nSPS) is 22.8. The van der Waals surface area contributed by atoms with Crippen molar-refractivity contribution in [1.29, 1.82) is 0 Å². The number of carbonyl (C=O) groups excluding carboxylic acids is 1. The Balaban J connectivity index is 1.22. The van der Waals surface area contributed by atoms with Crippen molar-refractivity contribution in [2.75, 3.05) is 18.4 Å². The number of sulfonamides is 1. The third-order valence-electron chi connectivity index (χ3n) is 6.34. The van der Waals surface area contributed by atoms with Gasteiger partial charge in [-0.05, 0) is 61.6 Å². The molecule has 33 heavy (non-hydrogen) atoms. The molecule has 0 unspecified atom stereocenters. The molecule has 1 saturated heterocycles. The van der Waals surface area contributed by atoms with Gasteiger partial charge in [0.25, 0.3) is 0 Å². The average molecular weight is 485 g/mol. The Kier molecular flexibility index (Phi) is 6.09. The second-order valence-corrected chi connectivity index (χ2v) is 10.8. The summed E-state index contributed by atoms with van der Waals surface area (Å²) in [6.45, 7) is 1.58. The van der Waals surface area contributed by atoms with Crippen LogP contribution in [0.15, 0.2) is 59.8 Å². The fourth-order valence-corrected chi connectivity index (χ4v) is 5.92. The van der Waals surface area contributed by atoms with Gasteiger partial charge in [-0.2, -0.15) is 0 Å². The number of nitrogens with zero attached hydrogens (tertiary/aromatic N) is 1. The lowest BCUT2D eigenvalue weighted by atomic mass is 10.1. The van der Waals surface area contributed by atoms with E-state index in [0.29, 0.717) is 17.3 Å². The third kappa shape index (κ3) is 4.89. The number of carbonyl (C=O) groups is 1. The highest BCUT2D eigenvalue weighted by Gasteiger charge is 2.44. The summed E-state index contributed by atoms with van der Waals surface area (Å²) in [4.78, 5) is 17.1. The minimum atomic E-state index is -3.56. The largest absolute Gasteiger partial charge is 0.326 e. The third-order valence-corrected chi connectivity index (χ3v) is 8.18. The van der Waals surface area contributed by atoms with Crippen molar-refractivity contribution in [2.45, 2.75) is 36.1 Å². The van der Waals surface area contributed by atoms with Gasteiger partial charge in [0.15, 0.2) is 0 Å². The standard InChI is InChI=1S/C24H25ClN4O3S/c25-23-14-27-12-16-3-6-17(10-21(16)23)28-24(30)22-11-20(22)15-4-7-19(8-5-15)33(31,32)29-18-2-1-9-26-13-18/h3-8,10,12,14,18,20,22,26,29H,1-2,9,11,13H2,(H,28,30)/t18-,20+,22-/m1/s1. The number of hydrogen-bond donors (Lipinski definition) is 3. The van der Waals surface area contributed by atoms with E-state index >= 15 is 0 Å². The van der Waals surface area contributed by atoms with Crippen molar-refractivity contribution in [3.63, 3.8) is 0 Å². The first-order chi connectivity index (χ1) is 15.9. The van der Waals surface area contributed by atoms with Gasteiger partial charge in [0.1, 0.15) is 0 Å². The molecular weight excluding hydrogens is 460 g/mol. The summed E-state index contributed by atoms with van der Waals surface area (Å²) in [5.41, 5.74) is 1.66. The average Bonchev–Trinajstić information content (AvgIpc) is 3.61. The molecule has 5 rings (SSSR count). The Morgan fingerprint density at radius 1 is 1.12 bits per heavy atom. The molecule has 1 amide bonds. The van der Waals surface area contributed by atoms with Crippen molar-refractivity contribution in [1.82, 2.24) is 15.0 Å². The number of amides is 1. The van der Waals surface area contributed by atoms with Crippen LogP contribution in [0.2, 0.25) is 5.02 Å². The summed E-state index contributed by atoms with van der Waals surface area (Å²) in [7, 11) is -3.56. The van der Waals surface area contributed by atoms with Crippen molar-refractivity contribution < 1.29 is 13.2 Å². The molecule has 0 spiro atoms. The molecule has 0 bridgehead atoms. The lowest BCUT2D eigenvalue weighted by Crippen LogP contribution is -2.45. The first kappa shape index (κ1) is 22.3. The molecule has 7 nitrogen and oxygen atoms in total. The van der Waals surface area contributed by atoms with E-state index in [1.807, 2.05) is 30.3 Å². The van der Waals surface area contributed by atoms with Crippen LogP contribution in [0.5, 0.6) is 0 Å². The maximum atomic E-state index is 12.8. The SMILES string of the molecule is O=C(Nc1ccc2cncc(Cl)c2c1)[C@@H]1C[C@H]1c1ccc(S(=O)(=O)N[C@@H]2CCCNC2)cc1. The van der Waals surface area contributed by atoms with Crippen LogP contribution in [0, 0.1) is 5.92 Å². The molecule has 0 radical (unpaired) electrons. The zero-order chi connectivity index (χ0) is 23.0. The molecule has 1 aliphatic carbocycles. The first-order valence-corrected chi connectivity index (χ1v) is 12.9. The van der Waals surface area contributed by atoms with Crippen LogP contribution >= 0.6 is 11.6 Å². The number of pyridine rings is 1. The maximum absolute atomic E-state index is 12.8. The highest BCUT2D eigenvalue weighted by atomic mass is 35.5. The summed E-state index contributed by atoms with van der Waals surface area (Å²) in [6.07, 6.45) is 5.85. The van der Waals surface area contributed by atoms with E-state index in [1.54, 1.807) is 24.5 Å². The van der Waals surface area contributed by atoms with Gasteiger partial charge in [-0.1, -0.05) is 29.8 Å². The number of aromatic nitrogens is 1. The molecular formula is C24H25ClN4O3S. The lowest BCUT2D eigenvalue weighted by Gasteiger charge is -2.23. The molecule has 172 valence electrons. The predicted molar refractivity (Wildman–Crippen MR) is 129 cm³/mol. The Hall–Kier alpha value is -2.52. The van der Waals surface area contributed by atoms with Gasteiger partial charge in [0, 0.05) is 47.4 Å². The number of benzene rings is 2. The van der Waals surface area contributed by atoms with Gasteiger partial charge in [0.05, 0.1) is 9.92 Å². The molecule has 3 N–H and O–H groups in total.